The molecule has 7 rings (SSSR count). The molecule has 2 heterocycles. The third-order valence-electron chi connectivity index (χ3n) is 10.7. The maximum atomic E-state index is 14.0. The van der Waals surface area contributed by atoms with Crippen molar-refractivity contribution in [2.45, 2.75) is 95.4 Å². The van der Waals surface area contributed by atoms with Crippen LogP contribution in [0.3, 0.4) is 0 Å². The van der Waals surface area contributed by atoms with Crippen LogP contribution >= 0.6 is 0 Å². The van der Waals surface area contributed by atoms with Crippen LogP contribution in [0.5, 0.6) is 11.5 Å². The van der Waals surface area contributed by atoms with Crippen LogP contribution in [-0.4, -0.2) is 70.2 Å². The monoisotopic (exact) mass is 584 g/mol. The number of hydrogen-bond donors (Lipinski definition) is 1. The summed E-state index contributed by atoms with van der Waals surface area (Å²) < 4.78 is 12.6. The second-order valence-corrected chi connectivity index (χ2v) is 14.1. The summed E-state index contributed by atoms with van der Waals surface area (Å²) in [5.74, 6) is 1.54. The summed E-state index contributed by atoms with van der Waals surface area (Å²) in [4.78, 5) is 30.7. The van der Waals surface area contributed by atoms with Crippen LogP contribution in [0.25, 0.3) is 6.08 Å². The Morgan fingerprint density at radius 1 is 1.19 bits per heavy atom. The topological polar surface area (TPSA) is 79.3 Å². The van der Waals surface area contributed by atoms with Gasteiger partial charge in [-0.3, -0.25) is 14.5 Å². The van der Waals surface area contributed by atoms with Crippen molar-refractivity contribution in [1.82, 2.24) is 9.80 Å². The largest absolute Gasteiger partial charge is 0.483 e. The number of hydrogen-bond acceptors (Lipinski definition) is 6. The molecule has 3 aliphatic carbocycles. The van der Waals surface area contributed by atoms with Crippen molar-refractivity contribution >= 4 is 18.0 Å². The Hall–Kier alpha value is -3.16. The fraction of sp³-hybridized carbons (Fsp3) is 0.556. The minimum Gasteiger partial charge on any atom is -0.483 e. The summed E-state index contributed by atoms with van der Waals surface area (Å²) >= 11 is 0. The number of rotatable bonds is 8. The molecule has 0 unspecified atom stereocenters. The maximum absolute atomic E-state index is 14.0. The van der Waals surface area contributed by atoms with Crippen LogP contribution in [-0.2, 0) is 21.4 Å². The summed E-state index contributed by atoms with van der Waals surface area (Å²) in [6.07, 6.45) is 8.46. The van der Waals surface area contributed by atoms with Gasteiger partial charge in [-0.05, 0) is 87.1 Å². The number of piperidine rings is 1. The average molecular weight is 585 g/mol. The number of aryl methyl sites for hydroxylation is 1. The van der Waals surface area contributed by atoms with Crippen molar-refractivity contribution in [3.63, 3.8) is 0 Å². The van der Waals surface area contributed by atoms with Crippen LogP contribution in [0.15, 0.2) is 42.5 Å². The molecule has 3 fully saturated rings. The first-order valence-electron chi connectivity index (χ1n) is 16.1. The summed E-state index contributed by atoms with van der Waals surface area (Å²) in [5.41, 5.74) is 2.67. The molecule has 7 nitrogen and oxygen atoms in total. The molecule has 0 aromatic heterocycles. The highest BCUT2D eigenvalue weighted by Crippen LogP contribution is 2.66. The Kier molecular flexibility index (Phi) is 6.97. The fourth-order valence-electron chi connectivity index (χ4n) is 8.82. The molecule has 1 spiro atoms. The van der Waals surface area contributed by atoms with E-state index < -0.39 is 23.1 Å². The van der Waals surface area contributed by atoms with Gasteiger partial charge in [-0.15, -0.1) is 0 Å². The summed E-state index contributed by atoms with van der Waals surface area (Å²) in [5, 5.41) is 12.9. The lowest BCUT2D eigenvalue weighted by atomic mass is 9.48. The number of benzene rings is 2. The van der Waals surface area contributed by atoms with E-state index in [1.165, 1.54) is 25.3 Å². The highest BCUT2D eigenvalue weighted by atomic mass is 16.6. The van der Waals surface area contributed by atoms with E-state index in [0.717, 1.165) is 48.5 Å². The second kappa shape index (κ2) is 10.5. The highest BCUT2D eigenvalue weighted by Gasteiger charge is 2.73. The van der Waals surface area contributed by atoms with Crippen LogP contribution in [0.2, 0.25) is 0 Å². The van der Waals surface area contributed by atoms with Crippen LogP contribution < -0.4 is 9.47 Å². The Morgan fingerprint density at radius 2 is 2.00 bits per heavy atom. The number of amides is 1. The van der Waals surface area contributed by atoms with Crippen molar-refractivity contribution in [1.29, 1.82) is 0 Å². The Balaban J connectivity index is 1.30. The first-order valence-corrected chi connectivity index (χ1v) is 16.1. The van der Waals surface area contributed by atoms with E-state index in [0.29, 0.717) is 30.9 Å². The first-order chi connectivity index (χ1) is 20.6. The number of ether oxygens (including phenoxy) is 2. The van der Waals surface area contributed by atoms with E-state index in [9.17, 15) is 14.7 Å². The predicted octanol–water partition coefficient (Wildman–Crippen LogP) is 5.05. The van der Waals surface area contributed by atoms with Crippen molar-refractivity contribution in [2.75, 3.05) is 19.6 Å². The van der Waals surface area contributed by atoms with Gasteiger partial charge in [-0.1, -0.05) is 49.7 Å². The Labute approximate surface area is 254 Å². The molecule has 1 amide bonds. The molecule has 228 valence electrons. The molecule has 1 saturated heterocycles. The molecule has 2 aromatic rings. The van der Waals surface area contributed by atoms with E-state index in [-0.39, 0.29) is 23.9 Å². The molecule has 2 aromatic carbocycles. The summed E-state index contributed by atoms with van der Waals surface area (Å²) in [7, 11) is 0. The highest BCUT2D eigenvalue weighted by molar-refractivity contribution is 5.92. The van der Waals surface area contributed by atoms with E-state index in [1.54, 1.807) is 6.08 Å². The molecule has 1 N–H and O–H groups in total. The Morgan fingerprint density at radius 3 is 2.72 bits per heavy atom. The van der Waals surface area contributed by atoms with Gasteiger partial charge in [0, 0.05) is 37.7 Å². The van der Waals surface area contributed by atoms with Gasteiger partial charge in [0.25, 0.3) is 0 Å². The number of likely N-dealkylation sites (tertiary alicyclic amines) is 1. The molecule has 7 heteroatoms. The van der Waals surface area contributed by atoms with Gasteiger partial charge in [-0.25, -0.2) is 0 Å². The van der Waals surface area contributed by atoms with Crippen molar-refractivity contribution in [3.8, 4) is 11.5 Å². The van der Waals surface area contributed by atoms with E-state index in [2.05, 4.69) is 30.9 Å². The van der Waals surface area contributed by atoms with E-state index in [1.807, 2.05) is 42.2 Å². The lowest BCUT2D eigenvalue weighted by Crippen LogP contribution is -2.78. The number of carbonyl (C=O) groups is 2. The van der Waals surface area contributed by atoms with Crippen LogP contribution in [0.4, 0.5) is 0 Å². The summed E-state index contributed by atoms with van der Waals surface area (Å²) in [6, 6.07) is 11.8. The lowest BCUT2D eigenvalue weighted by Gasteiger charge is -2.65. The number of nitrogens with zero attached hydrogens (tertiary/aromatic N) is 2. The smallest absolute Gasteiger partial charge is 0.308 e. The van der Waals surface area contributed by atoms with Crippen LogP contribution in [0, 0.1) is 18.8 Å². The third-order valence-corrected chi connectivity index (χ3v) is 10.7. The number of esters is 1. The van der Waals surface area contributed by atoms with Gasteiger partial charge in [0.15, 0.2) is 11.5 Å². The number of aliphatic hydroxyl groups is 1. The van der Waals surface area contributed by atoms with Gasteiger partial charge in [0.1, 0.15) is 6.10 Å². The molecule has 5 aliphatic rings. The zero-order chi connectivity index (χ0) is 30.1. The second-order valence-electron chi connectivity index (χ2n) is 14.1. The summed E-state index contributed by atoms with van der Waals surface area (Å²) in [6.45, 7) is 10.2. The average Bonchev–Trinajstić information content (AvgIpc) is 3.70. The minimum absolute atomic E-state index is 0.00221. The van der Waals surface area contributed by atoms with Crippen molar-refractivity contribution in [3.05, 3.63) is 64.7 Å². The fourth-order valence-corrected chi connectivity index (χ4v) is 8.82. The van der Waals surface area contributed by atoms with Gasteiger partial charge in [0.05, 0.1) is 17.1 Å². The van der Waals surface area contributed by atoms with Crippen molar-refractivity contribution < 1.29 is 24.2 Å². The van der Waals surface area contributed by atoms with E-state index >= 15 is 0 Å². The quantitative estimate of drug-likeness (QED) is 0.266. The van der Waals surface area contributed by atoms with Gasteiger partial charge < -0.3 is 19.5 Å². The zero-order valence-corrected chi connectivity index (χ0v) is 25.8. The van der Waals surface area contributed by atoms with Gasteiger partial charge >= 0.3 is 5.97 Å². The minimum atomic E-state index is -0.988. The first kappa shape index (κ1) is 28.6. The van der Waals surface area contributed by atoms with Crippen LogP contribution in [0.1, 0.15) is 75.1 Å². The molecule has 5 atom stereocenters. The molecule has 2 bridgehead atoms. The van der Waals surface area contributed by atoms with E-state index in [4.69, 9.17) is 9.47 Å². The molecule has 0 radical (unpaired) electrons. The third kappa shape index (κ3) is 4.62. The predicted molar refractivity (Wildman–Crippen MR) is 165 cm³/mol. The maximum Gasteiger partial charge on any atom is 0.308 e. The molecule has 2 aliphatic heterocycles. The normalized spacial score (nSPS) is 30.7. The molecule has 2 saturated carbocycles. The number of carbonyl (C=O) groups excluding carboxylic acids is 2. The van der Waals surface area contributed by atoms with Gasteiger partial charge in [0.2, 0.25) is 5.91 Å². The standard InChI is InChI=1S/C36H44N2O5/c1-22(2)20-38(31(40)13-10-25-7-5-6-23(3)18-25)28-14-15-36(41)30-19-27-11-12-29(42-24(4)39)33-32(27)35(36,34(28)43-33)16-17-37(30)21-26-8-9-26/h5-7,10-13,18,22,26,28,30,34,41H,8-9,14-17,19-21H2,1-4H3/t28-,30+,34-,35-,36+/m0/s1. The molecule has 43 heavy (non-hydrogen) atoms. The lowest BCUT2D eigenvalue weighted by molar-refractivity contribution is -0.201. The van der Waals surface area contributed by atoms with Crippen molar-refractivity contribution in [2.24, 2.45) is 11.8 Å². The van der Waals surface area contributed by atoms with Gasteiger partial charge in [-0.2, -0.15) is 0 Å². The molecular formula is C36H44N2O5. The zero-order valence-electron chi connectivity index (χ0n) is 25.8. The SMILES string of the molecule is CC(=O)Oc1ccc2c3c1O[C@H]1[C@@H](N(CC(C)C)C(=O)C=Cc4cccc(C)c4)CC[C@@]4(O)[C@@H](C2)N(CC2CC2)CC[C@]314. The Bertz CT molecular complexity index is 1480. The molecular weight excluding hydrogens is 540 g/mol.